The second kappa shape index (κ2) is 4.63. The Balaban J connectivity index is 2.37. The van der Waals surface area contributed by atoms with Crippen LogP contribution in [-0.4, -0.2) is 25.2 Å². The van der Waals surface area contributed by atoms with E-state index in [2.05, 4.69) is 4.74 Å². The highest BCUT2D eigenvalue weighted by Crippen LogP contribution is 2.41. The number of halogens is 1. The summed E-state index contributed by atoms with van der Waals surface area (Å²) >= 11 is 5.85. The van der Waals surface area contributed by atoms with Gasteiger partial charge in [-0.15, -0.1) is 0 Å². The van der Waals surface area contributed by atoms with Crippen LogP contribution in [0.4, 0.5) is 0 Å². The van der Waals surface area contributed by atoms with Crippen LogP contribution in [0, 0.1) is 0 Å². The molecule has 0 radical (unpaired) electrons. The average Bonchev–Trinajstić information content (AvgIpc) is 2.79. The van der Waals surface area contributed by atoms with Crippen molar-refractivity contribution in [2.75, 3.05) is 13.4 Å². The normalized spacial score (nSPS) is 12.4. The van der Waals surface area contributed by atoms with E-state index in [4.69, 9.17) is 21.1 Å². The van der Waals surface area contributed by atoms with Crippen LogP contribution in [0.25, 0.3) is 0 Å². The summed E-state index contributed by atoms with van der Waals surface area (Å²) in [7, 11) is 0. The van der Waals surface area contributed by atoms with Crippen molar-refractivity contribution >= 4 is 23.4 Å². The summed E-state index contributed by atoms with van der Waals surface area (Å²) < 4.78 is 14.9. The number of carbonyl (C=O) groups is 2. The first-order chi connectivity index (χ1) is 8.15. The van der Waals surface area contributed by atoms with Crippen LogP contribution in [0.2, 0.25) is 5.02 Å². The van der Waals surface area contributed by atoms with E-state index in [1.54, 1.807) is 6.92 Å². The number of esters is 1. The number of hydrogen-bond donors (Lipinski definition) is 0. The van der Waals surface area contributed by atoms with Gasteiger partial charge in [0.2, 0.25) is 6.79 Å². The Morgan fingerprint density at radius 1 is 1.35 bits per heavy atom. The van der Waals surface area contributed by atoms with Crippen LogP contribution in [0.15, 0.2) is 12.1 Å². The average molecular weight is 257 g/mol. The first-order valence-electron chi connectivity index (χ1n) is 4.94. The van der Waals surface area contributed by atoms with E-state index in [0.717, 1.165) is 0 Å². The monoisotopic (exact) mass is 256 g/mol. The van der Waals surface area contributed by atoms with Crippen LogP contribution in [-0.2, 0) is 9.53 Å². The SMILES string of the molecule is CCOC(=O)C(=O)c1ccc(Cl)c2c1OCO2. The molecule has 0 atom stereocenters. The third-order valence-electron chi connectivity index (χ3n) is 2.18. The lowest BCUT2D eigenvalue weighted by Crippen LogP contribution is -2.18. The predicted octanol–water partition coefficient (Wildman–Crippen LogP) is 1.81. The second-order valence-electron chi connectivity index (χ2n) is 3.21. The molecular formula is C11H9ClO5. The van der Waals surface area contributed by atoms with Crippen LogP contribution >= 0.6 is 11.6 Å². The van der Waals surface area contributed by atoms with Crippen LogP contribution in [0.3, 0.4) is 0 Å². The molecule has 2 rings (SSSR count). The first-order valence-corrected chi connectivity index (χ1v) is 5.32. The van der Waals surface area contributed by atoms with Crippen molar-refractivity contribution in [2.45, 2.75) is 6.92 Å². The minimum atomic E-state index is -0.924. The highest BCUT2D eigenvalue weighted by molar-refractivity contribution is 6.42. The van der Waals surface area contributed by atoms with E-state index < -0.39 is 11.8 Å². The summed E-state index contributed by atoms with van der Waals surface area (Å²) in [5.41, 5.74) is 0.0975. The van der Waals surface area contributed by atoms with Gasteiger partial charge < -0.3 is 14.2 Å². The largest absolute Gasteiger partial charge is 0.460 e. The lowest BCUT2D eigenvalue weighted by molar-refractivity contribution is -0.137. The Kier molecular flexibility index (Phi) is 3.19. The highest BCUT2D eigenvalue weighted by atomic mass is 35.5. The molecule has 1 heterocycles. The number of fused-ring (bicyclic) bond motifs is 1. The smallest absolute Gasteiger partial charge is 0.379 e. The van der Waals surface area contributed by atoms with Crippen molar-refractivity contribution < 1.29 is 23.8 Å². The van der Waals surface area contributed by atoms with Crippen molar-refractivity contribution in [3.05, 3.63) is 22.7 Å². The fourth-order valence-electron chi connectivity index (χ4n) is 1.45. The Hall–Kier alpha value is -1.75. The van der Waals surface area contributed by atoms with Crippen molar-refractivity contribution in [1.29, 1.82) is 0 Å². The van der Waals surface area contributed by atoms with Gasteiger partial charge in [0.05, 0.1) is 17.2 Å². The zero-order chi connectivity index (χ0) is 12.4. The molecule has 17 heavy (non-hydrogen) atoms. The van der Waals surface area contributed by atoms with Crippen LogP contribution < -0.4 is 9.47 Å². The molecule has 1 aliphatic heterocycles. The molecule has 0 aromatic heterocycles. The predicted molar refractivity (Wildman–Crippen MR) is 58.5 cm³/mol. The lowest BCUT2D eigenvalue weighted by atomic mass is 10.1. The quantitative estimate of drug-likeness (QED) is 0.469. The Labute approximate surface area is 102 Å². The maximum atomic E-state index is 11.8. The molecule has 1 aromatic rings. The molecule has 0 unspecified atom stereocenters. The zero-order valence-corrected chi connectivity index (χ0v) is 9.74. The summed E-state index contributed by atoms with van der Waals surface area (Å²) in [6, 6.07) is 2.89. The third-order valence-corrected chi connectivity index (χ3v) is 2.47. The maximum absolute atomic E-state index is 11.8. The Morgan fingerprint density at radius 3 is 2.76 bits per heavy atom. The van der Waals surface area contributed by atoms with Gasteiger partial charge in [-0.3, -0.25) is 4.79 Å². The molecule has 90 valence electrons. The molecule has 1 aliphatic rings. The highest BCUT2D eigenvalue weighted by Gasteiger charge is 2.28. The minimum Gasteiger partial charge on any atom is -0.460 e. The van der Waals surface area contributed by atoms with Gasteiger partial charge in [-0.2, -0.15) is 0 Å². The molecule has 0 bridgehead atoms. The van der Waals surface area contributed by atoms with E-state index >= 15 is 0 Å². The van der Waals surface area contributed by atoms with Gasteiger partial charge in [0, 0.05) is 0 Å². The lowest BCUT2D eigenvalue weighted by Gasteiger charge is -2.05. The number of ketones is 1. The van der Waals surface area contributed by atoms with Gasteiger partial charge in [-0.1, -0.05) is 11.6 Å². The molecule has 5 nitrogen and oxygen atoms in total. The molecule has 6 heteroatoms. The molecule has 0 fully saturated rings. The number of hydrogen-bond acceptors (Lipinski definition) is 5. The number of rotatable bonds is 3. The standard InChI is InChI=1S/C11H9ClO5/c1-2-15-11(14)8(13)6-3-4-7(12)10-9(6)16-5-17-10/h3-4H,2,5H2,1H3. The summed E-state index contributed by atoms with van der Waals surface area (Å²) in [5.74, 6) is -1.23. The second-order valence-corrected chi connectivity index (χ2v) is 3.62. The summed E-state index contributed by atoms with van der Waals surface area (Å²) in [6.45, 7) is 1.73. The van der Waals surface area contributed by atoms with Crippen LogP contribution in [0.1, 0.15) is 17.3 Å². The van der Waals surface area contributed by atoms with E-state index in [9.17, 15) is 9.59 Å². The summed E-state index contributed by atoms with van der Waals surface area (Å²) in [6.07, 6.45) is 0. The molecule has 0 N–H and O–H groups in total. The first kappa shape index (κ1) is 11.7. The molecule has 0 aliphatic carbocycles. The summed E-state index contributed by atoms with van der Waals surface area (Å²) in [4.78, 5) is 23.1. The molecule has 0 amide bonds. The fraction of sp³-hybridized carbons (Fsp3) is 0.273. The topological polar surface area (TPSA) is 61.8 Å². The zero-order valence-electron chi connectivity index (χ0n) is 8.99. The molecule has 0 saturated heterocycles. The molecular weight excluding hydrogens is 248 g/mol. The molecule has 0 saturated carbocycles. The van der Waals surface area contributed by atoms with Crippen molar-refractivity contribution in [1.82, 2.24) is 0 Å². The van der Waals surface area contributed by atoms with Crippen molar-refractivity contribution in [2.24, 2.45) is 0 Å². The van der Waals surface area contributed by atoms with E-state index in [1.807, 2.05) is 0 Å². The number of benzene rings is 1. The van der Waals surface area contributed by atoms with Gasteiger partial charge >= 0.3 is 5.97 Å². The Bertz CT molecular complexity index is 483. The van der Waals surface area contributed by atoms with Gasteiger partial charge in [0.1, 0.15) is 0 Å². The molecule has 0 spiro atoms. The van der Waals surface area contributed by atoms with E-state index in [1.165, 1.54) is 12.1 Å². The van der Waals surface area contributed by atoms with Gasteiger partial charge in [-0.25, -0.2) is 4.79 Å². The van der Waals surface area contributed by atoms with E-state index in [0.29, 0.717) is 5.02 Å². The van der Waals surface area contributed by atoms with Crippen molar-refractivity contribution in [3.8, 4) is 11.5 Å². The summed E-state index contributed by atoms with van der Waals surface area (Å²) in [5, 5.41) is 0.331. The maximum Gasteiger partial charge on any atom is 0.379 e. The van der Waals surface area contributed by atoms with Crippen molar-refractivity contribution in [3.63, 3.8) is 0 Å². The number of Topliss-reactive ketones (excluding diaryl/α,β-unsaturated/α-hetero) is 1. The third kappa shape index (κ3) is 2.06. The number of ether oxygens (including phenoxy) is 3. The van der Waals surface area contributed by atoms with E-state index in [-0.39, 0.29) is 30.5 Å². The van der Waals surface area contributed by atoms with Gasteiger partial charge in [-0.05, 0) is 19.1 Å². The number of carbonyl (C=O) groups excluding carboxylic acids is 2. The molecule has 1 aromatic carbocycles. The Morgan fingerprint density at radius 2 is 2.06 bits per heavy atom. The fourth-order valence-corrected chi connectivity index (χ4v) is 1.65. The van der Waals surface area contributed by atoms with Crippen LogP contribution in [0.5, 0.6) is 11.5 Å². The van der Waals surface area contributed by atoms with Gasteiger partial charge in [0.25, 0.3) is 5.78 Å². The minimum absolute atomic E-state index is 0.0256. The van der Waals surface area contributed by atoms with Gasteiger partial charge in [0.15, 0.2) is 11.5 Å².